The summed E-state index contributed by atoms with van der Waals surface area (Å²) in [5.74, 6) is 1.73. The molecule has 0 saturated heterocycles. The molecule has 2 aromatic rings. The number of aromatic nitrogens is 1. The van der Waals surface area contributed by atoms with Gasteiger partial charge in [-0.05, 0) is 32.9 Å². The zero-order valence-electron chi connectivity index (χ0n) is 13.9. The molecule has 0 bridgehead atoms. The van der Waals surface area contributed by atoms with Crippen molar-refractivity contribution < 1.29 is 18.9 Å². The lowest BCUT2D eigenvalue weighted by atomic mass is 10.2. The fraction of sp³-hybridized carbons (Fsp3) is 0.471. The van der Waals surface area contributed by atoms with Gasteiger partial charge in [-0.15, -0.1) is 0 Å². The second-order valence-corrected chi connectivity index (χ2v) is 5.55. The SMILES string of the molecule is CCOc1cc(OC(C)C)c2ccc(OCCOC)c(Cl)c2n1. The first-order valence-electron chi connectivity index (χ1n) is 7.61. The Bertz CT molecular complexity index is 661. The van der Waals surface area contributed by atoms with Crippen molar-refractivity contribution in [3.8, 4) is 17.4 Å². The molecule has 126 valence electrons. The van der Waals surface area contributed by atoms with Crippen molar-refractivity contribution >= 4 is 22.5 Å². The second-order valence-electron chi connectivity index (χ2n) is 5.17. The fourth-order valence-electron chi connectivity index (χ4n) is 2.11. The van der Waals surface area contributed by atoms with Crippen molar-refractivity contribution in [3.05, 3.63) is 23.2 Å². The average Bonchev–Trinajstić information content (AvgIpc) is 2.50. The minimum absolute atomic E-state index is 0.0338. The van der Waals surface area contributed by atoms with Crippen molar-refractivity contribution in [1.29, 1.82) is 0 Å². The Hall–Kier alpha value is -1.72. The van der Waals surface area contributed by atoms with Crippen LogP contribution in [0.5, 0.6) is 17.4 Å². The Morgan fingerprint density at radius 2 is 1.91 bits per heavy atom. The van der Waals surface area contributed by atoms with E-state index in [-0.39, 0.29) is 6.10 Å². The van der Waals surface area contributed by atoms with Gasteiger partial charge in [0.25, 0.3) is 0 Å². The summed E-state index contributed by atoms with van der Waals surface area (Å²) < 4.78 is 22.0. The number of rotatable bonds is 8. The minimum Gasteiger partial charge on any atom is -0.490 e. The van der Waals surface area contributed by atoms with Crippen molar-refractivity contribution in [2.24, 2.45) is 0 Å². The summed E-state index contributed by atoms with van der Waals surface area (Å²) in [7, 11) is 1.62. The molecule has 0 unspecified atom stereocenters. The molecule has 0 fully saturated rings. The number of hydrogen-bond donors (Lipinski definition) is 0. The van der Waals surface area contributed by atoms with E-state index in [9.17, 15) is 0 Å². The normalized spacial score (nSPS) is 11.0. The van der Waals surface area contributed by atoms with Crippen LogP contribution < -0.4 is 14.2 Å². The van der Waals surface area contributed by atoms with Gasteiger partial charge in [0.1, 0.15) is 28.6 Å². The van der Waals surface area contributed by atoms with Gasteiger partial charge in [-0.2, -0.15) is 0 Å². The molecule has 0 saturated carbocycles. The van der Waals surface area contributed by atoms with Crippen LogP contribution in [0.3, 0.4) is 0 Å². The highest BCUT2D eigenvalue weighted by atomic mass is 35.5. The van der Waals surface area contributed by atoms with Crippen LogP contribution in [-0.4, -0.2) is 38.0 Å². The van der Waals surface area contributed by atoms with Crippen molar-refractivity contribution in [1.82, 2.24) is 4.98 Å². The number of pyridine rings is 1. The first kappa shape index (κ1) is 17.6. The van der Waals surface area contributed by atoms with Crippen LogP contribution in [-0.2, 0) is 4.74 Å². The van der Waals surface area contributed by atoms with Gasteiger partial charge >= 0.3 is 0 Å². The number of ether oxygens (including phenoxy) is 4. The molecule has 1 aromatic heterocycles. The second kappa shape index (κ2) is 8.22. The maximum Gasteiger partial charge on any atom is 0.217 e. The summed E-state index contributed by atoms with van der Waals surface area (Å²) in [5.41, 5.74) is 0.600. The fourth-order valence-corrected chi connectivity index (χ4v) is 2.37. The van der Waals surface area contributed by atoms with Crippen LogP contribution in [0.25, 0.3) is 10.9 Å². The van der Waals surface area contributed by atoms with E-state index in [1.165, 1.54) is 0 Å². The molecule has 1 aromatic carbocycles. The van der Waals surface area contributed by atoms with E-state index in [0.29, 0.717) is 47.7 Å². The maximum atomic E-state index is 6.46. The van der Waals surface area contributed by atoms with Gasteiger partial charge in [-0.3, -0.25) is 0 Å². The highest BCUT2D eigenvalue weighted by Crippen LogP contribution is 2.38. The van der Waals surface area contributed by atoms with Crippen LogP contribution in [0, 0.1) is 0 Å². The van der Waals surface area contributed by atoms with E-state index in [0.717, 1.165) is 5.39 Å². The average molecular weight is 340 g/mol. The van der Waals surface area contributed by atoms with Crippen molar-refractivity contribution in [2.45, 2.75) is 26.9 Å². The zero-order valence-corrected chi connectivity index (χ0v) is 14.6. The maximum absolute atomic E-state index is 6.46. The Labute approximate surface area is 141 Å². The van der Waals surface area contributed by atoms with Gasteiger partial charge in [-0.25, -0.2) is 4.98 Å². The first-order valence-corrected chi connectivity index (χ1v) is 7.99. The van der Waals surface area contributed by atoms with E-state index in [1.54, 1.807) is 13.2 Å². The quantitative estimate of drug-likeness (QED) is 0.678. The predicted octanol–water partition coefficient (Wildman–Crippen LogP) is 4.10. The summed E-state index contributed by atoms with van der Waals surface area (Å²) in [6.07, 6.45) is 0.0338. The standard InChI is InChI=1S/C17H22ClNO4/c1-5-21-15-10-14(23-11(2)3)12-6-7-13(22-9-8-20-4)16(18)17(12)19-15/h6-7,10-11H,5,8-9H2,1-4H3. The first-order chi connectivity index (χ1) is 11.1. The Morgan fingerprint density at radius 1 is 1.13 bits per heavy atom. The third kappa shape index (κ3) is 4.39. The van der Waals surface area contributed by atoms with Crippen molar-refractivity contribution in [3.63, 3.8) is 0 Å². The number of methoxy groups -OCH3 is 1. The van der Waals surface area contributed by atoms with Gasteiger partial charge in [0.15, 0.2) is 0 Å². The van der Waals surface area contributed by atoms with E-state index < -0.39 is 0 Å². The van der Waals surface area contributed by atoms with E-state index in [4.69, 9.17) is 30.5 Å². The molecule has 0 aliphatic carbocycles. The lowest BCUT2D eigenvalue weighted by Crippen LogP contribution is -2.08. The molecule has 0 radical (unpaired) electrons. The molecule has 0 aliphatic rings. The Morgan fingerprint density at radius 3 is 2.57 bits per heavy atom. The minimum atomic E-state index is 0.0338. The number of hydrogen-bond acceptors (Lipinski definition) is 5. The number of fused-ring (bicyclic) bond motifs is 1. The summed E-state index contributed by atoms with van der Waals surface area (Å²) in [6.45, 7) is 7.26. The lowest BCUT2D eigenvalue weighted by Gasteiger charge is -2.16. The molecule has 6 heteroatoms. The molecular weight excluding hydrogens is 318 g/mol. The van der Waals surface area contributed by atoms with Crippen molar-refractivity contribution in [2.75, 3.05) is 26.9 Å². The van der Waals surface area contributed by atoms with Gasteiger partial charge in [-0.1, -0.05) is 11.6 Å². The summed E-state index contributed by atoms with van der Waals surface area (Å²) in [5, 5.41) is 1.26. The monoisotopic (exact) mass is 339 g/mol. The predicted molar refractivity (Wildman–Crippen MR) is 91.1 cm³/mol. The van der Waals surface area contributed by atoms with Crippen LogP contribution in [0.15, 0.2) is 18.2 Å². The van der Waals surface area contributed by atoms with Crippen LogP contribution in [0.2, 0.25) is 5.02 Å². The molecule has 5 nitrogen and oxygen atoms in total. The molecule has 1 heterocycles. The molecule has 0 atom stereocenters. The van der Waals surface area contributed by atoms with E-state index >= 15 is 0 Å². The lowest BCUT2D eigenvalue weighted by molar-refractivity contribution is 0.146. The molecule has 0 aliphatic heterocycles. The smallest absolute Gasteiger partial charge is 0.217 e. The molecule has 0 amide bonds. The molecule has 0 spiro atoms. The van der Waals surface area contributed by atoms with Gasteiger partial charge in [0.05, 0.1) is 19.3 Å². The van der Waals surface area contributed by atoms with Crippen LogP contribution >= 0.6 is 11.6 Å². The zero-order chi connectivity index (χ0) is 16.8. The molecule has 2 rings (SSSR count). The Kier molecular flexibility index (Phi) is 6.30. The third-order valence-corrected chi connectivity index (χ3v) is 3.39. The highest BCUT2D eigenvalue weighted by molar-refractivity contribution is 6.36. The Balaban J connectivity index is 2.48. The summed E-state index contributed by atoms with van der Waals surface area (Å²) in [4.78, 5) is 4.48. The summed E-state index contributed by atoms with van der Waals surface area (Å²) >= 11 is 6.46. The van der Waals surface area contributed by atoms with E-state index in [1.807, 2.05) is 32.9 Å². The number of nitrogens with zero attached hydrogens (tertiary/aromatic N) is 1. The molecular formula is C17H22ClNO4. The molecule has 23 heavy (non-hydrogen) atoms. The van der Waals surface area contributed by atoms with Gasteiger partial charge in [0, 0.05) is 18.6 Å². The largest absolute Gasteiger partial charge is 0.490 e. The third-order valence-electron chi connectivity index (χ3n) is 3.02. The van der Waals surface area contributed by atoms with Gasteiger partial charge < -0.3 is 18.9 Å². The summed E-state index contributed by atoms with van der Waals surface area (Å²) in [6, 6.07) is 5.49. The molecule has 0 N–H and O–H groups in total. The number of halogens is 1. The topological polar surface area (TPSA) is 49.8 Å². The van der Waals surface area contributed by atoms with Crippen LogP contribution in [0.1, 0.15) is 20.8 Å². The van der Waals surface area contributed by atoms with E-state index in [2.05, 4.69) is 4.98 Å². The number of benzene rings is 1. The highest BCUT2D eigenvalue weighted by Gasteiger charge is 2.15. The van der Waals surface area contributed by atoms with Gasteiger partial charge in [0.2, 0.25) is 5.88 Å². The van der Waals surface area contributed by atoms with Crippen LogP contribution in [0.4, 0.5) is 0 Å².